The van der Waals surface area contributed by atoms with Crippen LogP contribution in [0.1, 0.15) is 34.0 Å². The number of pyridine rings is 1. The summed E-state index contributed by atoms with van der Waals surface area (Å²) >= 11 is 0. The molecule has 0 aliphatic carbocycles. The maximum absolute atomic E-state index is 13.3. The third kappa shape index (κ3) is 5.43. The predicted molar refractivity (Wildman–Crippen MR) is 128 cm³/mol. The summed E-state index contributed by atoms with van der Waals surface area (Å²) < 4.78 is 18.6. The first-order valence-corrected chi connectivity index (χ1v) is 11.1. The van der Waals surface area contributed by atoms with Crippen molar-refractivity contribution >= 4 is 17.9 Å². The van der Waals surface area contributed by atoms with Crippen LogP contribution in [-0.2, 0) is 11.2 Å². The Labute approximate surface area is 193 Å². The van der Waals surface area contributed by atoms with Crippen molar-refractivity contribution in [2.45, 2.75) is 20.3 Å². The van der Waals surface area contributed by atoms with E-state index < -0.39 is 0 Å². The fourth-order valence-electron chi connectivity index (χ4n) is 3.77. The number of benzene rings is 2. The van der Waals surface area contributed by atoms with Crippen LogP contribution in [0.15, 0.2) is 59.8 Å². The molecular weight excluding hydrogens is 419 g/mol. The van der Waals surface area contributed by atoms with Gasteiger partial charge < -0.3 is 9.64 Å². The van der Waals surface area contributed by atoms with Crippen LogP contribution in [0.4, 0.5) is 10.2 Å². The molecule has 1 aliphatic rings. The fourth-order valence-corrected chi connectivity index (χ4v) is 3.77. The molecule has 1 aliphatic heterocycles. The van der Waals surface area contributed by atoms with Crippen LogP contribution in [0.5, 0.6) is 0 Å². The topological polar surface area (TPSA) is 66.8 Å². The first kappa shape index (κ1) is 22.6. The number of aromatic nitrogens is 1. The third-order valence-corrected chi connectivity index (χ3v) is 5.69. The number of carbonyl (C=O) groups excluding carboxylic acids is 1. The van der Waals surface area contributed by atoms with Gasteiger partial charge in [0.05, 0.1) is 19.4 Å². The lowest BCUT2D eigenvalue weighted by Crippen LogP contribution is -2.40. The van der Waals surface area contributed by atoms with Crippen LogP contribution in [-0.4, -0.2) is 48.3 Å². The number of hydrogen-bond acceptors (Lipinski definition) is 5. The minimum absolute atomic E-state index is 0.0209. The van der Waals surface area contributed by atoms with E-state index in [4.69, 9.17) is 4.74 Å². The number of amides is 1. The van der Waals surface area contributed by atoms with Gasteiger partial charge in [-0.2, -0.15) is 5.10 Å². The molecule has 0 atom stereocenters. The zero-order valence-corrected chi connectivity index (χ0v) is 18.8. The Morgan fingerprint density at radius 1 is 1.18 bits per heavy atom. The number of hydrazone groups is 1. The molecule has 4 rings (SSSR count). The van der Waals surface area contributed by atoms with Gasteiger partial charge >= 0.3 is 0 Å². The van der Waals surface area contributed by atoms with Gasteiger partial charge in [0.15, 0.2) is 0 Å². The van der Waals surface area contributed by atoms with Crippen LogP contribution < -0.4 is 5.43 Å². The second-order valence-corrected chi connectivity index (χ2v) is 7.94. The Hall–Kier alpha value is -3.58. The van der Waals surface area contributed by atoms with Gasteiger partial charge in [-0.25, -0.2) is 9.37 Å². The number of rotatable bonds is 6. The van der Waals surface area contributed by atoms with E-state index >= 15 is 0 Å². The molecule has 0 unspecified atom stereocenters. The van der Waals surface area contributed by atoms with E-state index in [1.807, 2.05) is 36.1 Å². The van der Waals surface area contributed by atoms with Gasteiger partial charge in [-0.3, -0.25) is 10.2 Å². The van der Waals surface area contributed by atoms with Gasteiger partial charge in [0, 0.05) is 30.4 Å². The number of anilines is 1. The minimum Gasteiger partial charge on any atom is -0.378 e. The zero-order chi connectivity index (χ0) is 23.2. The fraction of sp³-hybridized carbons (Fsp3) is 0.269. The number of morpholine rings is 1. The molecule has 0 bridgehead atoms. The molecular formula is C26H27FN4O2. The SMILES string of the molecule is CCc1cc(-c2cccc(C(=O)N3CCOCC3)c2)cnc1N/N=C/c1ccc(F)cc1C. The van der Waals surface area contributed by atoms with Crippen molar-refractivity contribution in [2.75, 3.05) is 31.7 Å². The van der Waals surface area contributed by atoms with Crippen molar-refractivity contribution in [1.82, 2.24) is 9.88 Å². The molecule has 1 amide bonds. The van der Waals surface area contributed by atoms with Crippen molar-refractivity contribution in [3.8, 4) is 11.1 Å². The molecule has 33 heavy (non-hydrogen) atoms. The van der Waals surface area contributed by atoms with Gasteiger partial charge in [-0.1, -0.05) is 25.1 Å². The van der Waals surface area contributed by atoms with Crippen LogP contribution in [0.3, 0.4) is 0 Å². The quantitative estimate of drug-likeness (QED) is 0.441. The van der Waals surface area contributed by atoms with Crippen molar-refractivity contribution < 1.29 is 13.9 Å². The highest BCUT2D eigenvalue weighted by atomic mass is 19.1. The first-order chi connectivity index (χ1) is 16.0. The largest absolute Gasteiger partial charge is 0.378 e. The molecule has 0 saturated carbocycles. The van der Waals surface area contributed by atoms with E-state index in [1.54, 1.807) is 18.5 Å². The lowest BCUT2D eigenvalue weighted by molar-refractivity contribution is 0.0303. The summed E-state index contributed by atoms with van der Waals surface area (Å²) in [6.07, 6.45) is 4.20. The van der Waals surface area contributed by atoms with Gasteiger partial charge in [0.2, 0.25) is 0 Å². The summed E-state index contributed by atoms with van der Waals surface area (Å²) in [6.45, 7) is 6.27. The average molecular weight is 447 g/mol. The van der Waals surface area contributed by atoms with E-state index in [1.165, 1.54) is 12.1 Å². The maximum Gasteiger partial charge on any atom is 0.254 e. The van der Waals surface area contributed by atoms with Gasteiger partial charge in [0.25, 0.3) is 5.91 Å². The van der Waals surface area contributed by atoms with Gasteiger partial charge in [-0.05, 0) is 65.9 Å². The Kier molecular flexibility index (Phi) is 7.10. The minimum atomic E-state index is -0.265. The standard InChI is InChI=1S/C26H27FN4O2/c1-3-19-14-23(16-28-25(19)30-29-17-22-7-8-24(27)13-18(22)2)20-5-4-6-21(15-20)26(32)31-9-11-33-12-10-31/h4-8,13-17H,3,9-12H2,1-2H3,(H,28,30)/b29-17+. The van der Waals surface area contributed by atoms with Crippen molar-refractivity contribution in [3.05, 3.63) is 82.8 Å². The molecule has 3 aromatic rings. The van der Waals surface area contributed by atoms with Crippen molar-refractivity contribution in [1.29, 1.82) is 0 Å². The highest BCUT2D eigenvalue weighted by Crippen LogP contribution is 2.25. The smallest absolute Gasteiger partial charge is 0.254 e. The molecule has 170 valence electrons. The second kappa shape index (κ2) is 10.4. The summed E-state index contributed by atoms with van der Waals surface area (Å²) in [5, 5.41) is 4.28. The van der Waals surface area contributed by atoms with Gasteiger partial charge in [0.1, 0.15) is 11.6 Å². The van der Waals surface area contributed by atoms with Gasteiger partial charge in [-0.15, -0.1) is 0 Å². The van der Waals surface area contributed by atoms with E-state index in [0.29, 0.717) is 37.7 Å². The molecule has 2 aromatic carbocycles. The highest BCUT2D eigenvalue weighted by Gasteiger charge is 2.19. The first-order valence-electron chi connectivity index (χ1n) is 11.1. The molecule has 7 heteroatoms. The molecule has 1 aromatic heterocycles. The van der Waals surface area contributed by atoms with E-state index in [-0.39, 0.29) is 11.7 Å². The number of carbonyl (C=O) groups is 1. The summed E-state index contributed by atoms with van der Waals surface area (Å²) in [6, 6.07) is 14.3. The van der Waals surface area contributed by atoms with Crippen LogP contribution >= 0.6 is 0 Å². The summed E-state index contributed by atoms with van der Waals surface area (Å²) in [7, 11) is 0. The number of ether oxygens (including phenoxy) is 1. The van der Waals surface area contributed by atoms with E-state index in [9.17, 15) is 9.18 Å². The monoisotopic (exact) mass is 446 g/mol. The number of aryl methyl sites for hydroxylation is 2. The zero-order valence-electron chi connectivity index (χ0n) is 18.8. The van der Waals surface area contributed by atoms with Crippen molar-refractivity contribution in [3.63, 3.8) is 0 Å². The molecule has 6 nitrogen and oxygen atoms in total. The lowest BCUT2D eigenvalue weighted by Gasteiger charge is -2.27. The molecule has 0 spiro atoms. The number of hydrogen-bond donors (Lipinski definition) is 1. The van der Waals surface area contributed by atoms with E-state index in [2.05, 4.69) is 28.5 Å². The molecule has 2 heterocycles. The van der Waals surface area contributed by atoms with Crippen molar-refractivity contribution in [2.24, 2.45) is 5.10 Å². The molecule has 1 fully saturated rings. The Morgan fingerprint density at radius 2 is 2.00 bits per heavy atom. The summed E-state index contributed by atoms with van der Waals surface area (Å²) in [5.41, 5.74) is 8.18. The summed E-state index contributed by atoms with van der Waals surface area (Å²) in [4.78, 5) is 19.2. The third-order valence-electron chi connectivity index (χ3n) is 5.69. The predicted octanol–water partition coefficient (Wildman–Crippen LogP) is 4.68. The highest BCUT2D eigenvalue weighted by molar-refractivity contribution is 5.95. The lowest BCUT2D eigenvalue weighted by atomic mass is 10.0. The maximum atomic E-state index is 13.3. The Balaban J connectivity index is 1.52. The summed E-state index contributed by atoms with van der Waals surface area (Å²) in [5.74, 6) is 0.421. The van der Waals surface area contributed by atoms with Crippen LogP contribution in [0, 0.1) is 12.7 Å². The van der Waals surface area contributed by atoms with Crippen LogP contribution in [0.25, 0.3) is 11.1 Å². The van der Waals surface area contributed by atoms with Crippen LogP contribution in [0.2, 0.25) is 0 Å². The molecule has 1 saturated heterocycles. The number of halogens is 1. The molecule has 1 N–H and O–H groups in total. The number of nitrogens with one attached hydrogen (secondary N) is 1. The average Bonchev–Trinajstić information content (AvgIpc) is 2.85. The second-order valence-electron chi connectivity index (χ2n) is 7.94. The van der Waals surface area contributed by atoms with E-state index in [0.717, 1.165) is 34.2 Å². The molecule has 0 radical (unpaired) electrons. The number of nitrogens with zero attached hydrogens (tertiary/aromatic N) is 3. The normalized spacial score (nSPS) is 14.0. The Bertz CT molecular complexity index is 1170. The Morgan fingerprint density at radius 3 is 2.76 bits per heavy atom.